The Balaban J connectivity index is 2.09. The van der Waals surface area contributed by atoms with Gasteiger partial charge in [0.15, 0.2) is 0 Å². The molecule has 1 aromatic rings. The van der Waals surface area contributed by atoms with E-state index in [9.17, 15) is 0 Å². The molecule has 1 heterocycles. The van der Waals surface area contributed by atoms with E-state index in [1.54, 1.807) is 0 Å². The minimum atomic E-state index is 0.201. The first-order chi connectivity index (χ1) is 7.35. The molecule has 0 aromatic heterocycles. The Hall–Kier alpha value is -0.950. The highest BCUT2D eigenvalue weighted by molar-refractivity contribution is 8.00. The molecule has 0 amide bonds. The van der Waals surface area contributed by atoms with E-state index in [1.165, 1.54) is 10.5 Å². The van der Waals surface area contributed by atoms with Crippen molar-refractivity contribution in [2.45, 2.75) is 29.0 Å². The smallest absolute Gasteiger partial charge is 0.0445 e. The maximum Gasteiger partial charge on any atom is 0.0445 e. The van der Waals surface area contributed by atoms with E-state index >= 15 is 0 Å². The van der Waals surface area contributed by atoms with Crippen molar-refractivity contribution in [2.24, 2.45) is 5.84 Å². The van der Waals surface area contributed by atoms with Gasteiger partial charge in [0.25, 0.3) is 0 Å². The van der Waals surface area contributed by atoms with Gasteiger partial charge in [-0.1, -0.05) is 18.2 Å². The predicted octanol–water partition coefficient (Wildman–Crippen LogP) is 1.56. The molecule has 2 unspecified atom stereocenters. The number of hydrogen-bond acceptors (Lipinski definition) is 3. The second-order valence-corrected chi connectivity index (χ2v) is 4.93. The molecule has 2 nitrogen and oxygen atoms in total. The fraction of sp³-hybridized carbons (Fsp3) is 0.333. The fourth-order valence-electron chi connectivity index (χ4n) is 1.86. The molecule has 0 saturated heterocycles. The Labute approximate surface area is 94.6 Å². The van der Waals surface area contributed by atoms with Crippen LogP contribution in [0.2, 0.25) is 0 Å². The first-order valence-corrected chi connectivity index (χ1v) is 5.87. The molecule has 0 radical (unpaired) electrons. The molecule has 15 heavy (non-hydrogen) atoms. The summed E-state index contributed by atoms with van der Waals surface area (Å²) < 4.78 is 0. The molecule has 78 valence electrons. The molecule has 1 aromatic carbocycles. The third kappa shape index (κ3) is 2.18. The number of terminal acetylenes is 1. The first kappa shape index (κ1) is 10.6. The van der Waals surface area contributed by atoms with Gasteiger partial charge in [-0.25, -0.2) is 0 Å². The Morgan fingerprint density at radius 2 is 2.40 bits per heavy atom. The number of rotatable bonds is 3. The highest BCUT2D eigenvalue weighted by atomic mass is 32.2. The van der Waals surface area contributed by atoms with Crippen molar-refractivity contribution < 1.29 is 0 Å². The molecule has 3 N–H and O–H groups in total. The van der Waals surface area contributed by atoms with E-state index in [0.29, 0.717) is 11.7 Å². The lowest BCUT2D eigenvalue weighted by atomic mass is 10.0. The van der Waals surface area contributed by atoms with Gasteiger partial charge in [0.1, 0.15) is 0 Å². The summed E-state index contributed by atoms with van der Waals surface area (Å²) in [5.41, 5.74) is 4.22. The van der Waals surface area contributed by atoms with E-state index in [-0.39, 0.29) is 6.04 Å². The second kappa shape index (κ2) is 4.71. The number of fused-ring (bicyclic) bond motifs is 1. The zero-order valence-corrected chi connectivity index (χ0v) is 9.26. The third-order valence-corrected chi connectivity index (χ3v) is 4.12. The Bertz CT molecular complexity index is 358. The summed E-state index contributed by atoms with van der Waals surface area (Å²) >= 11 is 1.87. The van der Waals surface area contributed by atoms with Gasteiger partial charge in [-0.05, 0) is 18.1 Å². The molecule has 0 spiro atoms. The van der Waals surface area contributed by atoms with E-state index in [0.717, 1.165) is 6.42 Å². The average Bonchev–Trinajstić information content (AvgIpc) is 2.69. The van der Waals surface area contributed by atoms with Gasteiger partial charge in [0.2, 0.25) is 0 Å². The van der Waals surface area contributed by atoms with Gasteiger partial charge in [-0.3, -0.25) is 11.3 Å². The van der Waals surface area contributed by atoms with Crippen LogP contribution in [0.1, 0.15) is 12.0 Å². The fourth-order valence-corrected chi connectivity index (χ4v) is 3.25. The van der Waals surface area contributed by atoms with Crippen LogP contribution in [0.5, 0.6) is 0 Å². The first-order valence-electron chi connectivity index (χ1n) is 4.99. The van der Waals surface area contributed by atoms with Crippen LogP contribution < -0.4 is 11.3 Å². The molecule has 1 aliphatic heterocycles. The number of hydrazine groups is 1. The van der Waals surface area contributed by atoms with E-state index in [1.807, 2.05) is 11.8 Å². The summed E-state index contributed by atoms with van der Waals surface area (Å²) in [4.78, 5) is 1.36. The molecule has 2 atom stereocenters. The summed E-state index contributed by atoms with van der Waals surface area (Å²) in [6.07, 6.45) is 7.06. The lowest BCUT2D eigenvalue weighted by molar-refractivity contribution is 0.520. The predicted molar refractivity (Wildman–Crippen MR) is 64.4 cm³/mol. The van der Waals surface area contributed by atoms with Crippen LogP contribution >= 0.6 is 11.8 Å². The minimum Gasteiger partial charge on any atom is -0.271 e. The maximum absolute atomic E-state index is 5.51. The number of hydrogen-bond donors (Lipinski definition) is 2. The van der Waals surface area contributed by atoms with Crippen LogP contribution in [0.25, 0.3) is 0 Å². The van der Waals surface area contributed by atoms with Crippen LogP contribution in [0.15, 0.2) is 29.2 Å². The van der Waals surface area contributed by atoms with Crippen LogP contribution in [0.4, 0.5) is 0 Å². The number of nitrogens with two attached hydrogens (primary N) is 1. The molecule has 0 fully saturated rings. The van der Waals surface area contributed by atoms with Crippen molar-refractivity contribution in [1.29, 1.82) is 0 Å². The summed E-state index contributed by atoms with van der Waals surface area (Å²) in [5.74, 6) is 8.18. The second-order valence-electron chi connectivity index (χ2n) is 3.65. The number of benzene rings is 1. The van der Waals surface area contributed by atoms with Gasteiger partial charge in [0.05, 0.1) is 0 Å². The van der Waals surface area contributed by atoms with Crippen molar-refractivity contribution in [3.63, 3.8) is 0 Å². The Kier molecular flexibility index (Phi) is 3.32. The van der Waals surface area contributed by atoms with Crippen LogP contribution in [0, 0.1) is 12.3 Å². The topological polar surface area (TPSA) is 38.0 Å². The lowest BCUT2D eigenvalue weighted by Gasteiger charge is -2.19. The SMILES string of the molecule is C#CCC(NN)C1Cc2ccccc2S1. The lowest BCUT2D eigenvalue weighted by Crippen LogP contribution is -2.42. The Morgan fingerprint density at radius 1 is 1.60 bits per heavy atom. The molecular formula is C12H14N2S. The summed E-state index contributed by atoms with van der Waals surface area (Å²) in [6, 6.07) is 8.68. The largest absolute Gasteiger partial charge is 0.271 e. The zero-order chi connectivity index (χ0) is 10.7. The standard InChI is InChI=1S/C12H14N2S/c1-2-5-10(14-13)12-8-9-6-3-4-7-11(9)15-12/h1,3-4,6-7,10,12,14H,5,8,13H2. The minimum absolute atomic E-state index is 0.201. The molecule has 3 heteroatoms. The molecule has 1 aliphatic rings. The van der Waals surface area contributed by atoms with Crippen LogP contribution in [-0.4, -0.2) is 11.3 Å². The van der Waals surface area contributed by atoms with Crippen molar-refractivity contribution in [3.05, 3.63) is 29.8 Å². The molecule has 2 rings (SSSR count). The van der Waals surface area contributed by atoms with E-state index in [2.05, 4.69) is 35.6 Å². The van der Waals surface area contributed by atoms with Gasteiger partial charge < -0.3 is 0 Å². The van der Waals surface area contributed by atoms with Crippen LogP contribution in [-0.2, 0) is 6.42 Å². The number of thioether (sulfide) groups is 1. The van der Waals surface area contributed by atoms with Gasteiger partial charge in [-0.2, -0.15) is 0 Å². The highest BCUT2D eigenvalue weighted by Gasteiger charge is 2.27. The molecule has 0 aliphatic carbocycles. The van der Waals surface area contributed by atoms with Crippen molar-refractivity contribution >= 4 is 11.8 Å². The zero-order valence-electron chi connectivity index (χ0n) is 8.44. The van der Waals surface area contributed by atoms with Gasteiger partial charge in [0, 0.05) is 22.6 Å². The summed E-state index contributed by atoms with van der Waals surface area (Å²) in [5, 5.41) is 0.462. The van der Waals surface area contributed by atoms with Gasteiger partial charge in [-0.15, -0.1) is 24.1 Å². The summed E-state index contributed by atoms with van der Waals surface area (Å²) in [7, 11) is 0. The van der Waals surface area contributed by atoms with Crippen molar-refractivity contribution in [1.82, 2.24) is 5.43 Å². The molecule has 0 bridgehead atoms. The quantitative estimate of drug-likeness (QED) is 0.459. The summed E-state index contributed by atoms with van der Waals surface area (Å²) in [6.45, 7) is 0. The van der Waals surface area contributed by atoms with E-state index < -0.39 is 0 Å². The van der Waals surface area contributed by atoms with Gasteiger partial charge >= 0.3 is 0 Å². The maximum atomic E-state index is 5.51. The highest BCUT2D eigenvalue weighted by Crippen LogP contribution is 2.38. The molecular weight excluding hydrogens is 204 g/mol. The number of nitrogens with one attached hydrogen (secondary N) is 1. The monoisotopic (exact) mass is 218 g/mol. The average molecular weight is 218 g/mol. The Morgan fingerprint density at radius 3 is 3.07 bits per heavy atom. The van der Waals surface area contributed by atoms with E-state index in [4.69, 9.17) is 12.3 Å². The molecule has 0 saturated carbocycles. The normalized spacial score (nSPS) is 20.7. The van der Waals surface area contributed by atoms with Crippen molar-refractivity contribution in [2.75, 3.05) is 0 Å². The van der Waals surface area contributed by atoms with Crippen molar-refractivity contribution in [3.8, 4) is 12.3 Å². The van der Waals surface area contributed by atoms with Crippen LogP contribution in [0.3, 0.4) is 0 Å². The third-order valence-electron chi connectivity index (χ3n) is 2.67.